The topological polar surface area (TPSA) is 78.3 Å². The molecular formula is C23H19F3N4O3S. The molecule has 0 aliphatic heterocycles. The molecule has 2 heterocycles. The molecule has 2 aromatic carbocycles. The van der Waals surface area contributed by atoms with Crippen molar-refractivity contribution in [1.29, 1.82) is 0 Å². The molecule has 0 saturated heterocycles. The number of amides is 1. The Bertz CT molecular complexity index is 1350. The highest BCUT2D eigenvalue weighted by Crippen LogP contribution is 2.37. The van der Waals surface area contributed by atoms with Crippen LogP contribution in [0.25, 0.3) is 16.9 Å². The Morgan fingerprint density at radius 3 is 2.56 bits per heavy atom. The summed E-state index contributed by atoms with van der Waals surface area (Å²) in [4.78, 5) is 17.2. The van der Waals surface area contributed by atoms with E-state index in [-0.39, 0.29) is 10.8 Å². The monoisotopic (exact) mass is 488 g/mol. The smallest absolute Gasteiger partial charge is 0.434 e. The minimum Gasteiger partial charge on any atom is -0.497 e. The Balaban J connectivity index is 1.67. The minimum absolute atomic E-state index is 0.127. The van der Waals surface area contributed by atoms with Gasteiger partial charge in [0.1, 0.15) is 11.5 Å². The summed E-state index contributed by atoms with van der Waals surface area (Å²) >= 11 is 1.07. The molecule has 0 spiro atoms. The maximum atomic E-state index is 14.0. The van der Waals surface area contributed by atoms with E-state index < -0.39 is 23.3 Å². The van der Waals surface area contributed by atoms with Crippen molar-refractivity contribution in [1.82, 2.24) is 14.8 Å². The van der Waals surface area contributed by atoms with Gasteiger partial charge in [-0.15, -0.1) is 11.3 Å². The number of carbonyl (C=O) groups excluding carboxylic acids is 1. The number of carbonyl (C=O) groups is 1. The summed E-state index contributed by atoms with van der Waals surface area (Å²) in [5.41, 5.74) is 0.136. The van der Waals surface area contributed by atoms with Crippen LogP contribution in [0.5, 0.6) is 11.5 Å². The maximum Gasteiger partial charge on any atom is 0.434 e. The summed E-state index contributed by atoms with van der Waals surface area (Å²) in [5.74, 6) is 0.140. The molecule has 0 saturated carbocycles. The van der Waals surface area contributed by atoms with Crippen molar-refractivity contribution in [2.45, 2.75) is 13.1 Å². The van der Waals surface area contributed by atoms with Crippen molar-refractivity contribution in [3.05, 3.63) is 70.9 Å². The summed E-state index contributed by atoms with van der Waals surface area (Å²) in [6.45, 7) is 1.67. The number of methoxy groups -OCH3 is 2. The summed E-state index contributed by atoms with van der Waals surface area (Å²) < 4.78 is 53.2. The number of nitrogens with one attached hydrogen (secondary N) is 1. The molecule has 0 aliphatic rings. The first-order valence-corrected chi connectivity index (χ1v) is 10.8. The summed E-state index contributed by atoms with van der Waals surface area (Å²) in [7, 11) is 3.03. The molecule has 0 radical (unpaired) electrons. The van der Waals surface area contributed by atoms with Crippen LogP contribution in [0, 0.1) is 6.92 Å². The van der Waals surface area contributed by atoms with E-state index in [2.05, 4.69) is 15.4 Å². The zero-order chi connectivity index (χ0) is 24.5. The fourth-order valence-electron chi connectivity index (χ4n) is 3.40. The first-order chi connectivity index (χ1) is 16.2. The quantitative estimate of drug-likeness (QED) is 0.383. The summed E-state index contributed by atoms with van der Waals surface area (Å²) in [6.07, 6.45) is -3.91. The molecule has 2 aromatic heterocycles. The second-order valence-corrected chi connectivity index (χ2v) is 8.02. The number of para-hydroxylation sites is 1. The minimum atomic E-state index is -4.81. The molecule has 11 heteroatoms. The van der Waals surface area contributed by atoms with Gasteiger partial charge in [0, 0.05) is 10.9 Å². The van der Waals surface area contributed by atoms with Gasteiger partial charge < -0.3 is 9.47 Å². The molecule has 4 aromatic rings. The van der Waals surface area contributed by atoms with Gasteiger partial charge in [0.2, 0.25) is 0 Å². The van der Waals surface area contributed by atoms with Gasteiger partial charge >= 0.3 is 6.18 Å². The van der Waals surface area contributed by atoms with Crippen LogP contribution in [0.4, 0.5) is 18.3 Å². The van der Waals surface area contributed by atoms with Crippen molar-refractivity contribution in [3.63, 3.8) is 0 Å². The number of aryl methyl sites for hydroxylation is 1. The highest BCUT2D eigenvalue weighted by molar-refractivity contribution is 7.14. The predicted octanol–water partition coefficient (Wildman–Crippen LogP) is 5.59. The number of anilines is 1. The highest BCUT2D eigenvalue weighted by Gasteiger charge is 2.41. The fourth-order valence-corrected chi connectivity index (χ4v) is 4.11. The SMILES string of the molecule is COc1ccc(OC)c(-c2csc(NC(=O)c3cnn(-c4ccccc4C)c3C(F)(F)F)n2)c1. The van der Waals surface area contributed by atoms with Gasteiger partial charge in [-0.1, -0.05) is 18.2 Å². The van der Waals surface area contributed by atoms with Gasteiger partial charge in [0.25, 0.3) is 5.91 Å². The van der Waals surface area contributed by atoms with Gasteiger partial charge in [0.05, 0.1) is 37.4 Å². The lowest BCUT2D eigenvalue weighted by atomic mass is 10.1. The average molecular weight is 488 g/mol. The predicted molar refractivity (Wildman–Crippen MR) is 122 cm³/mol. The van der Waals surface area contributed by atoms with E-state index >= 15 is 0 Å². The lowest BCUT2D eigenvalue weighted by Crippen LogP contribution is -2.21. The summed E-state index contributed by atoms with van der Waals surface area (Å²) in [5, 5.41) is 8.10. The molecule has 0 bridgehead atoms. The number of alkyl halides is 3. The van der Waals surface area contributed by atoms with E-state index in [1.165, 1.54) is 20.3 Å². The van der Waals surface area contributed by atoms with E-state index in [9.17, 15) is 18.0 Å². The number of nitrogens with zero attached hydrogens (tertiary/aromatic N) is 3. The van der Waals surface area contributed by atoms with Crippen molar-refractivity contribution in [2.75, 3.05) is 19.5 Å². The van der Waals surface area contributed by atoms with Crippen LogP contribution >= 0.6 is 11.3 Å². The molecule has 4 rings (SSSR count). The maximum absolute atomic E-state index is 14.0. The Kier molecular flexibility index (Phi) is 6.29. The van der Waals surface area contributed by atoms with Crippen LogP contribution in [-0.2, 0) is 6.18 Å². The first-order valence-electron chi connectivity index (χ1n) is 9.93. The van der Waals surface area contributed by atoms with Crippen molar-refractivity contribution in [2.24, 2.45) is 0 Å². The Hall–Kier alpha value is -3.86. The second-order valence-electron chi connectivity index (χ2n) is 7.16. The lowest BCUT2D eigenvalue weighted by Gasteiger charge is -2.14. The van der Waals surface area contributed by atoms with E-state index in [0.717, 1.165) is 22.2 Å². The molecule has 7 nitrogen and oxygen atoms in total. The Labute approximate surface area is 196 Å². The zero-order valence-electron chi connectivity index (χ0n) is 18.3. The van der Waals surface area contributed by atoms with Crippen LogP contribution in [0.2, 0.25) is 0 Å². The normalized spacial score (nSPS) is 11.4. The van der Waals surface area contributed by atoms with Crippen LogP contribution in [0.1, 0.15) is 21.6 Å². The van der Waals surface area contributed by atoms with E-state index in [1.807, 2.05) is 0 Å². The molecular weight excluding hydrogens is 469 g/mol. The van der Waals surface area contributed by atoms with Crippen LogP contribution in [-0.4, -0.2) is 34.9 Å². The zero-order valence-corrected chi connectivity index (χ0v) is 19.1. The standard InChI is InChI=1S/C23H19F3N4O3S/c1-13-6-4-5-7-18(13)30-20(23(24,25)26)16(11-27-30)21(31)29-22-28-17(12-34-22)15-10-14(32-2)8-9-19(15)33-3/h4-12H,1-3H3,(H,28,29,31). The molecule has 0 unspecified atom stereocenters. The number of hydrogen-bond acceptors (Lipinski definition) is 6. The van der Waals surface area contributed by atoms with Crippen molar-refractivity contribution < 1.29 is 27.4 Å². The van der Waals surface area contributed by atoms with Crippen LogP contribution in [0.3, 0.4) is 0 Å². The van der Waals surface area contributed by atoms with Gasteiger partial charge in [-0.05, 0) is 36.8 Å². The second kappa shape index (κ2) is 9.18. The molecule has 1 N–H and O–H groups in total. The third kappa shape index (κ3) is 4.46. The van der Waals surface area contributed by atoms with Gasteiger partial charge in [-0.2, -0.15) is 18.3 Å². The number of rotatable bonds is 6. The van der Waals surface area contributed by atoms with Crippen LogP contribution in [0.15, 0.2) is 54.0 Å². The number of aromatic nitrogens is 3. The van der Waals surface area contributed by atoms with Gasteiger partial charge in [-0.3, -0.25) is 10.1 Å². The fraction of sp³-hybridized carbons (Fsp3) is 0.174. The molecule has 0 atom stereocenters. The average Bonchev–Trinajstić information content (AvgIpc) is 3.46. The van der Waals surface area contributed by atoms with Crippen LogP contribution < -0.4 is 14.8 Å². The molecule has 0 fully saturated rings. The number of benzene rings is 2. The number of hydrogen-bond donors (Lipinski definition) is 1. The summed E-state index contributed by atoms with van der Waals surface area (Å²) in [6, 6.07) is 11.6. The molecule has 1 amide bonds. The van der Waals surface area contributed by atoms with Crippen molar-refractivity contribution >= 4 is 22.4 Å². The first kappa shape index (κ1) is 23.3. The molecule has 176 valence electrons. The third-order valence-corrected chi connectivity index (χ3v) is 5.79. The highest BCUT2D eigenvalue weighted by atomic mass is 32.1. The van der Waals surface area contributed by atoms with Gasteiger partial charge in [0.15, 0.2) is 10.8 Å². The number of thiazole rings is 1. The molecule has 34 heavy (non-hydrogen) atoms. The van der Waals surface area contributed by atoms with E-state index in [1.54, 1.807) is 48.7 Å². The van der Waals surface area contributed by atoms with Crippen molar-refractivity contribution in [3.8, 4) is 28.4 Å². The van der Waals surface area contributed by atoms with E-state index in [0.29, 0.717) is 28.3 Å². The van der Waals surface area contributed by atoms with Gasteiger partial charge in [-0.25, -0.2) is 9.67 Å². The number of ether oxygens (including phenoxy) is 2. The third-order valence-electron chi connectivity index (χ3n) is 5.03. The Morgan fingerprint density at radius 2 is 1.88 bits per heavy atom. The molecule has 0 aliphatic carbocycles. The number of halogens is 3. The van der Waals surface area contributed by atoms with E-state index in [4.69, 9.17) is 9.47 Å². The lowest BCUT2D eigenvalue weighted by molar-refractivity contribution is -0.143. The Morgan fingerprint density at radius 1 is 1.12 bits per heavy atom. The largest absolute Gasteiger partial charge is 0.497 e.